The van der Waals surface area contributed by atoms with Crippen molar-refractivity contribution < 1.29 is 14.3 Å². The molecule has 29 heavy (non-hydrogen) atoms. The Balaban J connectivity index is 1.70. The second-order valence-corrected chi connectivity index (χ2v) is 7.10. The predicted octanol–water partition coefficient (Wildman–Crippen LogP) is 3.01. The topological polar surface area (TPSA) is 61.2 Å². The van der Waals surface area contributed by atoms with Gasteiger partial charge in [0, 0.05) is 16.7 Å². The molecule has 0 bridgehead atoms. The minimum Gasteiger partial charge on any atom is -0.334 e. The smallest absolute Gasteiger partial charge is 0.304 e. The SMILES string of the molecule is Cc1ccc([C@@H]2[C@@H](NC(=O)c3ccccc3)C(=O)N/[N+]2=C\c2ccccc2)cc1. The summed E-state index contributed by atoms with van der Waals surface area (Å²) in [7, 11) is 0. The van der Waals surface area contributed by atoms with Crippen LogP contribution in [0.1, 0.15) is 33.1 Å². The van der Waals surface area contributed by atoms with Crippen LogP contribution in [0.2, 0.25) is 0 Å². The minimum atomic E-state index is -0.717. The van der Waals surface area contributed by atoms with Crippen molar-refractivity contribution in [2.75, 3.05) is 0 Å². The minimum absolute atomic E-state index is 0.243. The molecular weight excluding hydrogens is 362 g/mol. The third-order valence-electron chi connectivity index (χ3n) is 4.97. The summed E-state index contributed by atoms with van der Waals surface area (Å²) in [5, 5.41) is 2.91. The molecule has 1 heterocycles. The standard InChI is InChI=1S/C24H21N3O2/c1-17-12-14-19(15-13-17)22-21(25-23(28)20-10-6-3-7-11-20)24(29)26-27(22)16-18-8-4-2-5-9-18/h2-16,21-22H,1H3,(H-,25,26,28,29)/p+1/b27-16-/t21-,22-/m1/s1. The Morgan fingerprint density at radius 3 is 2.21 bits per heavy atom. The number of amides is 2. The van der Waals surface area contributed by atoms with Gasteiger partial charge in [-0.25, -0.2) is 0 Å². The van der Waals surface area contributed by atoms with E-state index in [2.05, 4.69) is 10.7 Å². The van der Waals surface area contributed by atoms with E-state index in [0.29, 0.717) is 5.56 Å². The molecule has 1 aliphatic heterocycles. The largest absolute Gasteiger partial charge is 0.334 e. The van der Waals surface area contributed by atoms with Crippen LogP contribution < -0.4 is 10.7 Å². The highest BCUT2D eigenvalue weighted by molar-refractivity contribution is 5.98. The maximum absolute atomic E-state index is 12.8. The van der Waals surface area contributed by atoms with Crippen LogP contribution in [0.4, 0.5) is 0 Å². The van der Waals surface area contributed by atoms with Crippen LogP contribution in [-0.2, 0) is 4.79 Å². The zero-order valence-corrected chi connectivity index (χ0v) is 16.1. The van der Waals surface area contributed by atoms with Gasteiger partial charge in [-0.2, -0.15) is 0 Å². The molecule has 3 aromatic carbocycles. The average molecular weight is 384 g/mol. The highest BCUT2D eigenvalue weighted by Crippen LogP contribution is 2.26. The normalized spacial score (nSPS) is 19.8. The van der Waals surface area contributed by atoms with E-state index in [1.807, 2.05) is 73.8 Å². The van der Waals surface area contributed by atoms with Gasteiger partial charge < -0.3 is 5.32 Å². The lowest BCUT2D eigenvalue weighted by atomic mass is 9.98. The Morgan fingerprint density at radius 2 is 1.55 bits per heavy atom. The Kier molecular flexibility index (Phi) is 5.20. The zero-order valence-electron chi connectivity index (χ0n) is 16.1. The fourth-order valence-electron chi connectivity index (χ4n) is 3.46. The van der Waals surface area contributed by atoms with Crippen molar-refractivity contribution in [1.29, 1.82) is 0 Å². The number of nitrogens with zero attached hydrogens (tertiary/aromatic N) is 1. The fraction of sp³-hybridized carbons (Fsp3) is 0.125. The summed E-state index contributed by atoms with van der Waals surface area (Å²) >= 11 is 0. The summed E-state index contributed by atoms with van der Waals surface area (Å²) in [5.41, 5.74) is 6.45. The van der Waals surface area contributed by atoms with Gasteiger partial charge >= 0.3 is 5.91 Å². The van der Waals surface area contributed by atoms with Crippen molar-refractivity contribution in [2.24, 2.45) is 0 Å². The third kappa shape index (κ3) is 4.09. The van der Waals surface area contributed by atoms with Gasteiger partial charge in [0.25, 0.3) is 5.91 Å². The van der Waals surface area contributed by atoms with E-state index in [0.717, 1.165) is 16.7 Å². The molecule has 1 fully saturated rings. The van der Waals surface area contributed by atoms with E-state index < -0.39 is 6.04 Å². The first kappa shape index (κ1) is 18.6. The molecule has 5 nitrogen and oxygen atoms in total. The van der Waals surface area contributed by atoms with Crippen LogP contribution in [0, 0.1) is 6.92 Å². The lowest BCUT2D eigenvalue weighted by molar-refractivity contribution is -0.596. The molecule has 0 spiro atoms. The van der Waals surface area contributed by atoms with Gasteiger partial charge in [0.15, 0.2) is 6.04 Å². The second-order valence-electron chi connectivity index (χ2n) is 7.10. The Bertz CT molecular complexity index is 1040. The summed E-state index contributed by atoms with van der Waals surface area (Å²) in [6.07, 6.45) is 1.89. The first-order chi connectivity index (χ1) is 14.1. The lowest BCUT2D eigenvalue weighted by Crippen LogP contribution is -2.42. The van der Waals surface area contributed by atoms with E-state index in [1.54, 1.807) is 28.9 Å². The molecule has 0 aromatic heterocycles. The van der Waals surface area contributed by atoms with Crippen molar-refractivity contribution >= 4 is 18.0 Å². The first-order valence-corrected chi connectivity index (χ1v) is 9.53. The van der Waals surface area contributed by atoms with Gasteiger partial charge in [-0.1, -0.05) is 66.2 Å². The van der Waals surface area contributed by atoms with E-state index in [4.69, 9.17) is 0 Å². The molecule has 3 aromatic rings. The molecule has 2 N–H and O–H groups in total. The number of carbonyl (C=O) groups is 2. The number of hydrazone groups is 1. The number of aryl methyl sites for hydroxylation is 1. The van der Waals surface area contributed by atoms with E-state index in [9.17, 15) is 9.59 Å². The molecule has 0 unspecified atom stereocenters. The summed E-state index contributed by atoms with van der Waals surface area (Å²) in [6.45, 7) is 2.02. The summed E-state index contributed by atoms with van der Waals surface area (Å²) in [5.74, 6) is -0.517. The molecule has 0 aliphatic carbocycles. The van der Waals surface area contributed by atoms with Crippen LogP contribution in [0.5, 0.6) is 0 Å². The van der Waals surface area contributed by atoms with Gasteiger partial charge in [-0.15, -0.1) is 10.1 Å². The quantitative estimate of drug-likeness (QED) is 0.680. The number of benzene rings is 3. The van der Waals surface area contributed by atoms with Gasteiger partial charge in [-0.3, -0.25) is 9.59 Å². The van der Waals surface area contributed by atoms with Gasteiger partial charge in [-0.05, 0) is 31.2 Å². The van der Waals surface area contributed by atoms with Crippen LogP contribution in [-0.4, -0.2) is 28.8 Å². The Morgan fingerprint density at radius 1 is 0.931 bits per heavy atom. The Labute approximate surface area is 169 Å². The monoisotopic (exact) mass is 384 g/mol. The van der Waals surface area contributed by atoms with Crippen LogP contribution >= 0.6 is 0 Å². The highest BCUT2D eigenvalue weighted by Gasteiger charge is 2.47. The van der Waals surface area contributed by atoms with Crippen LogP contribution in [0.25, 0.3) is 0 Å². The molecule has 4 rings (SSSR count). The molecule has 0 saturated carbocycles. The lowest BCUT2D eigenvalue weighted by Gasteiger charge is -2.15. The van der Waals surface area contributed by atoms with E-state index >= 15 is 0 Å². The number of hydrogen-bond acceptors (Lipinski definition) is 2. The summed E-state index contributed by atoms with van der Waals surface area (Å²) < 4.78 is 1.78. The number of nitrogens with one attached hydrogen (secondary N) is 2. The maximum atomic E-state index is 12.8. The third-order valence-corrected chi connectivity index (χ3v) is 4.97. The molecule has 0 radical (unpaired) electrons. The van der Waals surface area contributed by atoms with E-state index in [1.165, 1.54) is 0 Å². The Hall–Kier alpha value is -3.73. The summed E-state index contributed by atoms with van der Waals surface area (Å²) in [6, 6.07) is 25.6. The number of carbonyl (C=O) groups excluding carboxylic acids is 2. The molecule has 2 amide bonds. The fourth-order valence-corrected chi connectivity index (χ4v) is 3.46. The second kappa shape index (κ2) is 8.10. The van der Waals surface area contributed by atoms with Crippen LogP contribution in [0.3, 0.4) is 0 Å². The van der Waals surface area contributed by atoms with Crippen molar-refractivity contribution in [2.45, 2.75) is 19.0 Å². The molecular formula is C24H22N3O2+. The van der Waals surface area contributed by atoms with Gasteiger partial charge in [0.05, 0.1) is 0 Å². The average Bonchev–Trinajstić information content (AvgIpc) is 3.04. The predicted molar refractivity (Wildman–Crippen MR) is 112 cm³/mol. The number of hydrogen-bond donors (Lipinski definition) is 2. The maximum Gasteiger partial charge on any atom is 0.304 e. The number of hydrazine groups is 1. The molecule has 5 heteroatoms. The van der Waals surface area contributed by atoms with Crippen molar-refractivity contribution in [3.63, 3.8) is 0 Å². The van der Waals surface area contributed by atoms with Crippen LogP contribution in [0.15, 0.2) is 84.9 Å². The number of rotatable bonds is 4. The molecule has 1 aliphatic rings. The molecule has 2 atom stereocenters. The summed E-state index contributed by atoms with van der Waals surface area (Å²) in [4.78, 5) is 25.5. The van der Waals surface area contributed by atoms with Gasteiger partial charge in [0.2, 0.25) is 12.3 Å². The molecule has 144 valence electrons. The first-order valence-electron chi connectivity index (χ1n) is 9.53. The zero-order chi connectivity index (χ0) is 20.2. The van der Waals surface area contributed by atoms with Crippen molar-refractivity contribution in [1.82, 2.24) is 10.7 Å². The highest BCUT2D eigenvalue weighted by atomic mass is 16.2. The molecule has 1 saturated heterocycles. The van der Waals surface area contributed by atoms with Gasteiger partial charge in [0.1, 0.15) is 0 Å². The van der Waals surface area contributed by atoms with Crippen molar-refractivity contribution in [3.8, 4) is 0 Å². The van der Waals surface area contributed by atoms with Crippen molar-refractivity contribution in [3.05, 3.63) is 107 Å². The van der Waals surface area contributed by atoms with E-state index in [-0.39, 0.29) is 17.9 Å².